The predicted octanol–water partition coefficient (Wildman–Crippen LogP) is 0.370. The summed E-state index contributed by atoms with van der Waals surface area (Å²) in [5, 5.41) is 0. The Morgan fingerprint density at radius 1 is 1.65 bits per heavy atom. The number of ether oxygens (including phenoxy) is 2. The predicted molar refractivity (Wildman–Crippen MR) is 58.7 cm³/mol. The number of anilines is 1. The van der Waals surface area contributed by atoms with E-state index in [1.54, 1.807) is 18.3 Å². The number of nitrogens with zero attached hydrogens (tertiary/aromatic N) is 2. The first-order valence-corrected chi connectivity index (χ1v) is 5.17. The average Bonchev–Trinajstić information content (AvgIpc) is 2.37. The molecule has 90 valence electrons. The molecule has 1 aromatic rings. The van der Waals surface area contributed by atoms with Gasteiger partial charge in [0, 0.05) is 12.7 Å². The number of amides is 1. The Balaban J connectivity index is 2.15. The van der Waals surface area contributed by atoms with Crippen LogP contribution in [0.3, 0.4) is 0 Å². The summed E-state index contributed by atoms with van der Waals surface area (Å²) in [6.45, 7) is 0.221. The van der Waals surface area contributed by atoms with Gasteiger partial charge < -0.3 is 9.47 Å². The van der Waals surface area contributed by atoms with E-state index >= 15 is 0 Å². The van der Waals surface area contributed by atoms with Crippen molar-refractivity contribution in [2.24, 2.45) is 0 Å². The number of fused-ring (bicyclic) bond motifs is 1. The molecule has 1 aliphatic rings. The highest BCUT2D eigenvalue weighted by Crippen LogP contribution is 2.28. The lowest BCUT2D eigenvalue weighted by Gasteiger charge is -2.27. The van der Waals surface area contributed by atoms with E-state index in [-0.39, 0.29) is 31.4 Å². The number of hydrogen-bond acceptors (Lipinski definition) is 5. The van der Waals surface area contributed by atoms with Gasteiger partial charge in [-0.05, 0) is 12.1 Å². The maximum Gasteiger partial charge on any atom is 0.307 e. The molecule has 2 rings (SSSR count). The average molecular weight is 236 g/mol. The maximum absolute atomic E-state index is 11.7. The van der Waals surface area contributed by atoms with Gasteiger partial charge in [0.25, 0.3) is 5.91 Å². The lowest BCUT2D eigenvalue weighted by molar-refractivity contribution is -0.140. The maximum atomic E-state index is 11.7. The molecule has 0 aromatic carbocycles. The monoisotopic (exact) mass is 236 g/mol. The van der Waals surface area contributed by atoms with Crippen LogP contribution in [0, 0.1) is 0 Å². The minimum Gasteiger partial charge on any atom is -0.480 e. The van der Waals surface area contributed by atoms with Crippen LogP contribution in [0.1, 0.15) is 6.42 Å². The number of aromatic nitrogens is 1. The lowest BCUT2D eigenvalue weighted by atomic mass is 10.3. The quantitative estimate of drug-likeness (QED) is 0.709. The highest BCUT2D eigenvalue weighted by atomic mass is 16.5. The fourth-order valence-electron chi connectivity index (χ4n) is 1.57. The Hall–Kier alpha value is -2.11. The fourth-order valence-corrected chi connectivity index (χ4v) is 1.57. The van der Waals surface area contributed by atoms with E-state index in [0.717, 1.165) is 0 Å². The van der Waals surface area contributed by atoms with Gasteiger partial charge in [0.15, 0.2) is 18.2 Å². The van der Waals surface area contributed by atoms with E-state index in [1.165, 1.54) is 12.0 Å². The third kappa shape index (κ3) is 2.35. The normalized spacial score (nSPS) is 13.9. The molecule has 0 saturated carbocycles. The molecule has 0 saturated heterocycles. The summed E-state index contributed by atoms with van der Waals surface area (Å²) in [7, 11) is 1.32. The zero-order chi connectivity index (χ0) is 12.3. The van der Waals surface area contributed by atoms with Gasteiger partial charge in [-0.3, -0.25) is 14.5 Å². The van der Waals surface area contributed by atoms with Crippen LogP contribution in [0.5, 0.6) is 5.75 Å². The summed E-state index contributed by atoms with van der Waals surface area (Å²) in [6, 6.07) is 3.47. The van der Waals surface area contributed by atoms with Crippen LogP contribution in [0.15, 0.2) is 18.3 Å². The van der Waals surface area contributed by atoms with Crippen LogP contribution in [0.2, 0.25) is 0 Å². The molecule has 0 spiro atoms. The molecular weight excluding hydrogens is 224 g/mol. The SMILES string of the molecule is COC(=O)CCN1C(=O)COc2cccnc21. The Morgan fingerprint density at radius 2 is 2.47 bits per heavy atom. The minimum atomic E-state index is -0.359. The van der Waals surface area contributed by atoms with E-state index in [2.05, 4.69) is 9.72 Å². The van der Waals surface area contributed by atoms with Gasteiger partial charge in [0.1, 0.15) is 0 Å². The van der Waals surface area contributed by atoms with Crippen molar-refractivity contribution in [3.8, 4) is 5.75 Å². The molecule has 1 aromatic heterocycles. The number of pyridine rings is 1. The second-order valence-electron chi connectivity index (χ2n) is 3.49. The van der Waals surface area contributed by atoms with Gasteiger partial charge in [-0.25, -0.2) is 4.98 Å². The Kier molecular flexibility index (Phi) is 3.22. The van der Waals surface area contributed by atoms with Crippen molar-refractivity contribution >= 4 is 17.7 Å². The summed E-state index contributed by atoms with van der Waals surface area (Å²) in [4.78, 5) is 28.3. The Labute approximate surface area is 98.1 Å². The Bertz CT molecular complexity index is 447. The molecule has 0 N–H and O–H groups in total. The number of hydrogen-bond donors (Lipinski definition) is 0. The number of esters is 1. The molecule has 0 fully saturated rings. The molecule has 1 aliphatic heterocycles. The van der Waals surface area contributed by atoms with Crippen molar-refractivity contribution in [1.29, 1.82) is 0 Å². The first-order chi connectivity index (χ1) is 8.22. The first kappa shape index (κ1) is 11.4. The molecule has 0 unspecified atom stereocenters. The van der Waals surface area contributed by atoms with Crippen molar-refractivity contribution in [2.75, 3.05) is 25.2 Å². The molecular formula is C11H12N2O4. The highest BCUT2D eigenvalue weighted by Gasteiger charge is 2.26. The lowest BCUT2D eigenvalue weighted by Crippen LogP contribution is -2.40. The molecule has 6 nitrogen and oxygen atoms in total. The second-order valence-corrected chi connectivity index (χ2v) is 3.49. The zero-order valence-electron chi connectivity index (χ0n) is 9.38. The number of carbonyl (C=O) groups excluding carboxylic acids is 2. The van der Waals surface area contributed by atoms with E-state index in [9.17, 15) is 9.59 Å². The van der Waals surface area contributed by atoms with Crippen LogP contribution in [-0.4, -0.2) is 37.1 Å². The van der Waals surface area contributed by atoms with E-state index in [4.69, 9.17) is 4.74 Å². The third-order valence-electron chi connectivity index (χ3n) is 2.43. The van der Waals surface area contributed by atoms with Gasteiger partial charge in [-0.15, -0.1) is 0 Å². The van der Waals surface area contributed by atoms with Gasteiger partial charge in [0.05, 0.1) is 13.5 Å². The Morgan fingerprint density at radius 3 is 3.24 bits per heavy atom. The molecule has 0 radical (unpaired) electrons. The van der Waals surface area contributed by atoms with Crippen LogP contribution in [0.4, 0.5) is 5.82 Å². The highest BCUT2D eigenvalue weighted by molar-refractivity contribution is 5.97. The largest absolute Gasteiger partial charge is 0.480 e. The first-order valence-electron chi connectivity index (χ1n) is 5.17. The smallest absolute Gasteiger partial charge is 0.307 e. The molecule has 17 heavy (non-hydrogen) atoms. The van der Waals surface area contributed by atoms with Gasteiger partial charge in [-0.1, -0.05) is 0 Å². The van der Waals surface area contributed by atoms with E-state index in [1.807, 2.05) is 0 Å². The van der Waals surface area contributed by atoms with Crippen molar-refractivity contribution in [2.45, 2.75) is 6.42 Å². The number of rotatable bonds is 3. The topological polar surface area (TPSA) is 68.7 Å². The van der Waals surface area contributed by atoms with Gasteiger partial charge >= 0.3 is 5.97 Å². The number of carbonyl (C=O) groups is 2. The zero-order valence-corrected chi connectivity index (χ0v) is 9.38. The molecule has 6 heteroatoms. The van der Waals surface area contributed by atoms with Crippen molar-refractivity contribution in [3.63, 3.8) is 0 Å². The second kappa shape index (κ2) is 4.82. The van der Waals surface area contributed by atoms with Gasteiger partial charge in [-0.2, -0.15) is 0 Å². The summed E-state index contributed by atoms with van der Waals surface area (Å²) >= 11 is 0. The van der Waals surface area contributed by atoms with Crippen LogP contribution < -0.4 is 9.64 Å². The molecule has 0 aliphatic carbocycles. The van der Waals surface area contributed by atoms with Crippen LogP contribution >= 0.6 is 0 Å². The molecule has 2 heterocycles. The minimum absolute atomic E-state index is 0.0279. The standard InChI is InChI=1S/C11H12N2O4/c1-16-10(15)4-6-13-9(14)7-17-8-3-2-5-12-11(8)13/h2-3,5H,4,6-7H2,1H3. The van der Waals surface area contributed by atoms with Crippen molar-refractivity contribution in [3.05, 3.63) is 18.3 Å². The fraction of sp³-hybridized carbons (Fsp3) is 0.364. The summed E-state index contributed by atoms with van der Waals surface area (Å²) in [5.41, 5.74) is 0. The van der Waals surface area contributed by atoms with Gasteiger partial charge in [0.2, 0.25) is 0 Å². The third-order valence-corrected chi connectivity index (χ3v) is 2.43. The summed E-state index contributed by atoms with van der Waals surface area (Å²) in [6.07, 6.45) is 1.71. The molecule has 1 amide bonds. The number of methoxy groups -OCH3 is 1. The summed E-state index contributed by atoms with van der Waals surface area (Å²) < 4.78 is 9.77. The van der Waals surface area contributed by atoms with E-state index in [0.29, 0.717) is 11.6 Å². The molecule has 0 atom stereocenters. The van der Waals surface area contributed by atoms with Crippen LogP contribution in [0.25, 0.3) is 0 Å². The van der Waals surface area contributed by atoms with E-state index < -0.39 is 0 Å². The van der Waals surface area contributed by atoms with Crippen LogP contribution in [-0.2, 0) is 14.3 Å². The molecule has 0 bridgehead atoms. The summed E-state index contributed by atoms with van der Waals surface area (Å²) in [5.74, 6) is 0.437. The van der Waals surface area contributed by atoms with Crippen molar-refractivity contribution in [1.82, 2.24) is 4.98 Å². The van der Waals surface area contributed by atoms with Crippen molar-refractivity contribution < 1.29 is 19.1 Å².